The quantitative estimate of drug-likeness (QED) is 0.214. The lowest BCUT2D eigenvalue weighted by molar-refractivity contribution is -0.139. The first-order valence-corrected chi connectivity index (χ1v) is 15.2. The Kier molecular flexibility index (Phi) is 8.91. The molecule has 1 aliphatic rings. The van der Waals surface area contributed by atoms with Crippen LogP contribution in [0.15, 0.2) is 96.7 Å². The number of ether oxygens (including phenoxy) is 3. The van der Waals surface area contributed by atoms with Gasteiger partial charge in [0.2, 0.25) is 0 Å². The van der Waals surface area contributed by atoms with Crippen molar-refractivity contribution in [3.05, 3.63) is 123 Å². The highest BCUT2D eigenvalue weighted by atomic mass is 79.9. The summed E-state index contributed by atoms with van der Waals surface area (Å²) in [4.78, 5) is 32.1. The molecule has 5 rings (SSSR count). The number of nitrogens with zero attached hydrogens (tertiary/aromatic N) is 2. The normalized spacial score (nSPS) is 14.9. The number of halogens is 2. The molecule has 0 unspecified atom stereocenters. The first-order chi connectivity index (χ1) is 19.8. The van der Waals surface area contributed by atoms with Crippen LogP contribution in [0.3, 0.4) is 0 Å². The van der Waals surface area contributed by atoms with E-state index in [4.69, 9.17) is 14.2 Å². The molecule has 41 heavy (non-hydrogen) atoms. The van der Waals surface area contributed by atoms with Gasteiger partial charge in [0.25, 0.3) is 5.56 Å². The molecule has 1 aliphatic heterocycles. The van der Waals surface area contributed by atoms with Gasteiger partial charge in [-0.25, -0.2) is 9.79 Å². The molecule has 0 saturated heterocycles. The van der Waals surface area contributed by atoms with Crippen molar-refractivity contribution in [1.29, 1.82) is 0 Å². The summed E-state index contributed by atoms with van der Waals surface area (Å²) in [7, 11) is 1.58. The third-order valence-corrected chi connectivity index (χ3v) is 8.64. The third kappa shape index (κ3) is 6.24. The number of methoxy groups -OCH3 is 1. The summed E-state index contributed by atoms with van der Waals surface area (Å²) in [6, 6.07) is 20.3. The smallest absolute Gasteiger partial charge is 0.338 e. The van der Waals surface area contributed by atoms with Gasteiger partial charge in [-0.05, 0) is 88.9 Å². The average molecular weight is 698 g/mol. The van der Waals surface area contributed by atoms with Crippen molar-refractivity contribution < 1.29 is 19.0 Å². The molecule has 0 aliphatic carbocycles. The van der Waals surface area contributed by atoms with Gasteiger partial charge in [-0.15, -0.1) is 0 Å². The SMILES string of the molecule is CCOC(=O)C1=C(C)N=c2s/c(=C/c3ccc(OCc4ccc(Br)cc4)cc3)c(=O)n2[C@H]1c1ccc(OC)c(Br)c1. The second-order valence-electron chi connectivity index (χ2n) is 9.18. The minimum Gasteiger partial charge on any atom is -0.496 e. The van der Waals surface area contributed by atoms with Gasteiger partial charge in [0.15, 0.2) is 4.80 Å². The van der Waals surface area contributed by atoms with Crippen LogP contribution in [0.5, 0.6) is 11.5 Å². The fraction of sp³-hybridized carbons (Fsp3) is 0.194. The van der Waals surface area contributed by atoms with E-state index in [0.29, 0.717) is 37.4 Å². The lowest BCUT2D eigenvalue weighted by Crippen LogP contribution is -2.39. The van der Waals surface area contributed by atoms with Crippen LogP contribution in [0.2, 0.25) is 0 Å². The zero-order chi connectivity index (χ0) is 29.1. The Hall–Kier alpha value is -3.47. The molecule has 0 N–H and O–H groups in total. The number of benzene rings is 3. The summed E-state index contributed by atoms with van der Waals surface area (Å²) in [5.41, 5.74) is 3.24. The van der Waals surface area contributed by atoms with E-state index >= 15 is 0 Å². The van der Waals surface area contributed by atoms with Gasteiger partial charge in [0, 0.05) is 4.47 Å². The van der Waals surface area contributed by atoms with Crippen molar-refractivity contribution in [3.63, 3.8) is 0 Å². The van der Waals surface area contributed by atoms with Crippen molar-refractivity contribution in [2.75, 3.05) is 13.7 Å². The zero-order valence-electron chi connectivity index (χ0n) is 22.5. The molecule has 0 spiro atoms. The van der Waals surface area contributed by atoms with Gasteiger partial charge in [-0.2, -0.15) is 0 Å². The van der Waals surface area contributed by atoms with Crippen molar-refractivity contribution in [2.24, 2.45) is 4.99 Å². The summed E-state index contributed by atoms with van der Waals surface area (Å²) in [5.74, 6) is 0.869. The van der Waals surface area contributed by atoms with Crippen molar-refractivity contribution in [1.82, 2.24) is 4.57 Å². The monoisotopic (exact) mass is 696 g/mol. The predicted molar refractivity (Wildman–Crippen MR) is 166 cm³/mol. The highest BCUT2D eigenvalue weighted by molar-refractivity contribution is 9.10. The maximum absolute atomic E-state index is 13.8. The number of hydrogen-bond donors (Lipinski definition) is 0. The van der Waals surface area contributed by atoms with Crippen LogP contribution in [-0.4, -0.2) is 24.3 Å². The minimum atomic E-state index is -0.705. The molecule has 1 atom stereocenters. The van der Waals surface area contributed by atoms with Gasteiger partial charge >= 0.3 is 5.97 Å². The van der Waals surface area contributed by atoms with Crippen molar-refractivity contribution in [3.8, 4) is 11.5 Å². The Morgan fingerprint density at radius 2 is 1.80 bits per heavy atom. The first kappa shape index (κ1) is 29.0. The molecule has 3 aromatic carbocycles. The number of carbonyl (C=O) groups excluding carboxylic acids is 1. The van der Waals surface area contributed by atoms with E-state index in [-0.39, 0.29) is 12.2 Å². The van der Waals surface area contributed by atoms with Crippen molar-refractivity contribution in [2.45, 2.75) is 26.5 Å². The van der Waals surface area contributed by atoms with E-state index in [0.717, 1.165) is 26.9 Å². The highest BCUT2D eigenvalue weighted by Crippen LogP contribution is 2.35. The summed E-state index contributed by atoms with van der Waals surface area (Å²) >= 11 is 8.25. The molecule has 1 aromatic heterocycles. The fourth-order valence-corrected chi connectivity index (χ4v) is 6.39. The van der Waals surface area contributed by atoms with Crippen LogP contribution in [0.25, 0.3) is 6.08 Å². The highest BCUT2D eigenvalue weighted by Gasteiger charge is 2.33. The number of esters is 1. The van der Waals surface area contributed by atoms with Crippen LogP contribution < -0.4 is 24.4 Å². The number of rotatable bonds is 8. The number of hydrogen-bond acceptors (Lipinski definition) is 7. The number of carbonyl (C=O) groups is 1. The third-order valence-electron chi connectivity index (χ3n) is 6.51. The number of allylic oxidation sites excluding steroid dienone is 1. The molecule has 0 fully saturated rings. The van der Waals surface area contributed by atoms with E-state index < -0.39 is 12.0 Å². The van der Waals surface area contributed by atoms with E-state index in [2.05, 4.69) is 36.9 Å². The Morgan fingerprint density at radius 3 is 2.46 bits per heavy atom. The van der Waals surface area contributed by atoms with Crippen LogP contribution in [0, 0.1) is 0 Å². The molecule has 10 heteroatoms. The maximum atomic E-state index is 13.8. The van der Waals surface area contributed by atoms with E-state index in [1.807, 2.05) is 66.7 Å². The Bertz CT molecular complexity index is 1810. The molecule has 0 amide bonds. The first-order valence-electron chi connectivity index (χ1n) is 12.8. The lowest BCUT2D eigenvalue weighted by Gasteiger charge is -2.25. The van der Waals surface area contributed by atoms with Crippen LogP contribution >= 0.6 is 43.2 Å². The number of aromatic nitrogens is 1. The van der Waals surface area contributed by atoms with Gasteiger partial charge in [-0.1, -0.05) is 57.6 Å². The molecule has 0 bridgehead atoms. The van der Waals surface area contributed by atoms with Crippen LogP contribution in [0.4, 0.5) is 0 Å². The standard InChI is InChI=1S/C31H26Br2N2O5S/c1-4-39-30(37)27-18(2)34-31-35(28(27)21-9-14-25(38-3)24(33)16-21)29(36)26(41-31)15-19-7-12-23(13-8-19)40-17-20-5-10-22(32)11-6-20/h5-16,28H,4,17H2,1-3H3/b26-15+/t28-/m0/s1. The van der Waals surface area contributed by atoms with E-state index in [1.165, 1.54) is 11.3 Å². The Morgan fingerprint density at radius 1 is 1.07 bits per heavy atom. The Balaban J connectivity index is 1.51. The lowest BCUT2D eigenvalue weighted by atomic mass is 9.96. The summed E-state index contributed by atoms with van der Waals surface area (Å²) in [6.45, 7) is 4.18. The molecule has 210 valence electrons. The number of thiazole rings is 1. The summed E-state index contributed by atoms with van der Waals surface area (Å²) < 4.78 is 20.5. The summed E-state index contributed by atoms with van der Waals surface area (Å²) in [6.07, 6.45) is 1.83. The van der Waals surface area contributed by atoms with Gasteiger partial charge in [0.05, 0.1) is 40.0 Å². The van der Waals surface area contributed by atoms with Crippen molar-refractivity contribution >= 4 is 55.2 Å². The zero-order valence-corrected chi connectivity index (χ0v) is 26.5. The minimum absolute atomic E-state index is 0.210. The molecule has 4 aromatic rings. The van der Waals surface area contributed by atoms with Gasteiger partial charge < -0.3 is 14.2 Å². The van der Waals surface area contributed by atoms with Gasteiger partial charge in [-0.3, -0.25) is 9.36 Å². The van der Waals surface area contributed by atoms with E-state index in [1.54, 1.807) is 31.6 Å². The topological polar surface area (TPSA) is 79.1 Å². The number of fused-ring (bicyclic) bond motifs is 1. The fourth-order valence-electron chi connectivity index (χ4n) is 4.52. The molecule has 0 saturated carbocycles. The summed E-state index contributed by atoms with van der Waals surface area (Å²) in [5, 5.41) is 0. The second-order valence-corrected chi connectivity index (χ2v) is 12.0. The molecular formula is C31H26Br2N2O5S. The maximum Gasteiger partial charge on any atom is 0.338 e. The molecule has 2 heterocycles. The molecule has 7 nitrogen and oxygen atoms in total. The van der Waals surface area contributed by atoms with Crippen LogP contribution in [-0.2, 0) is 16.1 Å². The predicted octanol–water partition coefficient (Wildman–Crippen LogP) is 5.91. The van der Waals surface area contributed by atoms with Crippen LogP contribution in [0.1, 0.15) is 36.6 Å². The molecule has 0 radical (unpaired) electrons. The Labute approximate surface area is 257 Å². The van der Waals surface area contributed by atoms with E-state index in [9.17, 15) is 9.59 Å². The second kappa shape index (κ2) is 12.6. The average Bonchev–Trinajstić information content (AvgIpc) is 3.26. The van der Waals surface area contributed by atoms with Gasteiger partial charge in [0.1, 0.15) is 18.1 Å². The molecular weight excluding hydrogens is 672 g/mol. The largest absolute Gasteiger partial charge is 0.496 e.